The summed E-state index contributed by atoms with van der Waals surface area (Å²) < 4.78 is 5.26. The van der Waals surface area contributed by atoms with E-state index in [0.717, 1.165) is 4.90 Å². The number of aliphatic carboxylic acids is 1. The van der Waals surface area contributed by atoms with Gasteiger partial charge in [-0.05, 0) is 24.3 Å². The van der Waals surface area contributed by atoms with Crippen molar-refractivity contribution in [2.45, 2.75) is 11.4 Å². The molecule has 3 N–H and O–H groups in total. The molecule has 3 rings (SSSR count). The number of rotatable bonds is 5. The van der Waals surface area contributed by atoms with Crippen molar-refractivity contribution in [2.24, 2.45) is 0 Å². The fourth-order valence-electron chi connectivity index (χ4n) is 2.49. The number of benzene rings is 1. The number of β-lactam (4-membered cyclic amide) rings is 1. The molecular weight excluding hydrogens is 372 g/mol. The van der Waals surface area contributed by atoms with Crippen LogP contribution in [0.5, 0.6) is 11.5 Å². The minimum Gasteiger partial charge on any atom is -0.508 e. The van der Waals surface area contributed by atoms with E-state index in [0.29, 0.717) is 5.75 Å². The molecule has 1 fully saturated rings. The zero-order valence-electron chi connectivity index (χ0n) is 12.6. The number of carboxylic acids is 1. The highest BCUT2D eigenvalue weighted by molar-refractivity contribution is 8.00. The van der Waals surface area contributed by atoms with Crippen molar-refractivity contribution in [3.05, 3.63) is 35.0 Å². The van der Waals surface area contributed by atoms with E-state index >= 15 is 0 Å². The van der Waals surface area contributed by atoms with E-state index in [2.05, 4.69) is 5.32 Å². The Morgan fingerprint density at radius 1 is 1.36 bits per heavy atom. The number of phenols is 1. The second kappa shape index (κ2) is 6.85. The molecule has 2 heterocycles. The smallest absolute Gasteiger partial charge is 0.353 e. The van der Waals surface area contributed by atoms with Gasteiger partial charge in [-0.2, -0.15) is 0 Å². The first-order valence-electron chi connectivity index (χ1n) is 7.16. The average molecular weight is 385 g/mol. The molecule has 2 atom stereocenters. The minimum atomic E-state index is -1.27. The Morgan fingerprint density at radius 3 is 2.68 bits per heavy atom. The third-order valence-corrected chi connectivity index (χ3v) is 5.40. The molecule has 2 aliphatic heterocycles. The summed E-state index contributed by atoms with van der Waals surface area (Å²) in [4.78, 5) is 36.5. The van der Waals surface area contributed by atoms with Crippen molar-refractivity contribution in [3.8, 4) is 11.5 Å². The summed E-state index contributed by atoms with van der Waals surface area (Å²) in [5, 5.41) is 20.5. The Bertz CT molecular complexity index is 766. The first-order chi connectivity index (χ1) is 11.9. The molecule has 0 bridgehead atoms. The molecule has 2 amide bonds. The molecule has 0 radical (unpaired) electrons. The summed E-state index contributed by atoms with van der Waals surface area (Å²) in [6.07, 6.45) is 0. The number of aromatic hydroxyl groups is 1. The van der Waals surface area contributed by atoms with E-state index in [4.69, 9.17) is 16.3 Å². The Balaban J connectivity index is 1.58. The van der Waals surface area contributed by atoms with Crippen LogP contribution in [0.1, 0.15) is 0 Å². The third kappa shape index (κ3) is 3.38. The molecule has 25 heavy (non-hydrogen) atoms. The first kappa shape index (κ1) is 17.4. The van der Waals surface area contributed by atoms with Crippen molar-refractivity contribution in [2.75, 3.05) is 12.4 Å². The topological polar surface area (TPSA) is 116 Å². The van der Waals surface area contributed by atoms with Gasteiger partial charge in [-0.3, -0.25) is 14.5 Å². The van der Waals surface area contributed by atoms with Gasteiger partial charge in [0.25, 0.3) is 11.8 Å². The molecule has 2 aliphatic rings. The second-order valence-corrected chi connectivity index (χ2v) is 6.86. The monoisotopic (exact) mass is 384 g/mol. The summed E-state index contributed by atoms with van der Waals surface area (Å²) >= 11 is 7.16. The SMILES string of the molecule is O=C(COc1ccc(O)cc1)N[C@@H]1C(=O)N2C(C(=O)O)=C(Cl)CS[C@H]12. The Morgan fingerprint density at radius 2 is 2.04 bits per heavy atom. The Kier molecular flexibility index (Phi) is 4.78. The maximum absolute atomic E-state index is 12.2. The lowest BCUT2D eigenvalue weighted by Crippen LogP contribution is -2.70. The van der Waals surface area contributed by atoms with Crippen LogP contribution in [0.4, 0.5) is 0 Å². The zero-order valence-corrected chi connectivity index (χ0v) is 14.2. The van der Waals surface area contributed by atoms with Crippen LogP contribution >= 0.6 is 23.4 Å². The van der Waals surface area contributed by atoms with Crippen LogP contribution in [0.15, 0.2) is 35.0 Å². The predicted molar refractivity (Wildman–Crippen MR) is 89.1 cm³/mol. The van der Waals surface area contributed by atoms with E-state index in [1.807, 2.05) is 0 Å². The highest BCUT2D eigenvalue weighted by atomic mass is 35.5. The fourth-order valence-corrected chi connectivity index (χ4v) is 4.04. The predicted octanol–water partition coefficient (Wildman–Crippen LogP) is 0.706. The van der Waals surface area contributed by atoms with Crippen LogP contribution in [0.25, 0.3) is 0 Å². The second-order valence-electron chi connectivity index (χ2n) is 5.30. The van der Waals surface area contributed by atoms with E-state index < -0.39 is 29.2 Å². The molecule has 0 spiro atoms. The van der Waals surface area contributed by atoms with Crippen molar-refractivity contribution < 1.29 is 29.3 Å². The van der Waals surface area contributed by atoms with Crippen molar-refractivity contribution in [3.63, 3.8) is 0 Å². The van der Waals surface area contributed by atoms with Gasteiger partial charge in [-0.25, -0.2) is 4.79 Å². The van der Waals surface area contributed by atoms with Crippen LogP contribution in [-0.2, 0) is 14.4 Å². The minimum absolute atomic E-state index is 0.0761. The molecule has 0 saturated carbocycles. The summed E-state index contributed by atoms with van der Waals surface area (Å²) in [5.41, 5.74) is -0.235. The number of carbonyl (C=O) groups excluding carboxylic acids is 2. The van der Waals surface area contributed by atoms with Crippen LogP contribution in [-0.4, -0.2) is 56.7 Å². The number of amides is 2. The van der Waals surface area contributed by atoms with Gasteiger partial charge in [0.15, 0.2) is 6.61 Å². The summed E-state index contributed by atoms with van der Waals surface area (Å²) in [7, 11) is 0. The molecule has 10 heteroatoms. The molecule has 0 aliphatic carbocycles. The molecule has 0 unspecified atom stereocenters. The van der Waals surface area contributed by atoms with Gasteiger partial charge in [-0.1, -0.05) is 11.6 Å². The molecular formula is C15H13ClN2O6S. The lowest BCUT2D eigenvalue weighted by atomic mass is 10.1. The number of ether oxygens (including phenoxy) is 1. The number of fused-ring (bicyclic) bond motifs is 1. The molecule has 0 aromatic heterocycles. The highest BCUT2D eigenvalue weighted by Crippen LogP contribution is 2.41. The van der Waals surface area contributed by atoms with Crippen LogP contribution < -0.4 is 10.1 Å². The zero-order chi connectivity index (χ0) is 18.1. The summed E-state index contributed by atoms with van der Waals surface area (Å²) in [6, 6.07) is 5.02. The lowest BCUT2D eigenvalue weighted by Gasteiger charge is -2.48. The normalized spacial score (nSPS) is 22.1. The number of thioether (sulfide) groups is 1. The number of carboxylic acid groups (broad SMARTS) is 1. The summed E-state index contributed by atoms with van der Waals surface area (Å²) in [6.45, 7) is -0.311. The number of hydrogen-bond acceptors (Lipinski definition) is 6. The van der Waals surface area contributed by atoms with Gasteiger partial charge in [0.05, 0.1) is 5.03 Å². The highest BCUT2D eigenvalue weighted by Gasteiger charge is 2.54. The van der Waals surface area contributed by atoms with Gasteiger partial charge in [0, 0.05) is 5.75 Å². The van der Waals surface area contributed by atoms with E-state index in [1.165, 1.54) is 36.0 Å². The fraction of sp³-hybridized carbons (Fsp3) is 0.267. The quantitative estimate of drug-likeness (QED) is 0.640. The number of halogens is 1. The van der Waals surface area contributed by atoms with E-state index in [-0.39, 0.29) is 28.8 Å². The maximum atomic E-state index is 12.2. The van der Waals surface area contributed by atoms with Crippen LogP contribution in [0.2, 0.25) is 0 Å². The van der Waals surface area contributed by atoms with Crippen molar-refractivity contribution in [1.82, 2.24) is 10.2 Å². The molecule has 1 saturated heterocycles. The van der Waals surface area contributed by atoms with Gasteiger partial charge in [0.2, 0.25) is 0 Å². The number of hydrogen-bond donors (Lipinski definition) is 3. The van der Waals surface area contributed by atoms with Crippen LogP contribution in [0, 0.1) is 0 Å². The average Bonchev–Trinajstić information content (AvgIpc) is 2.58. The maximum Gasteiger partial charge on any atom is 0.353 e. The van der Waals surface area contributed by atoms with Gasteiger partial charge in [0.1, 0.15) is 28.6 Å². The van der Waals surface area contributed by atoms with E-state index in [9.17, 15) is 24.6 Å². The van der Waals surface area contributed by atoms with Gasteiger partial charge >= 0.3 is 5.97 Å². The Hall–Kier alpha value is -2.39. The van der Waals surface area contributed by atoms with Crippen molar-refractivity contribution in [1.29, 1.82) is 0 Å². The lowest BCUT2D eigenvalue weighted by molar-refractivity contribution is -0.150. The molecule has 1 aromatic carbocycles. The van der Waals surface area contributed by atoms with E-state index in [1.54, 1.807) is 0 Å². The molecule has 132 valence electrons. The largest absolute Gasteiger partial charge is 0.508 e. The standard InChI is InChI=1S/C15H13ClN2O6S/c16-9-6-25-14-11(13(21)18(14)12(9)15(22)23)17-10(20)5-24-8-3-1-7(19)2-4-8/h1-4,11,14,19H,5-6H2,(H,17,20)(H,22,23)/t11-,14-/m1/s1. The van der Waals surface area contributed by atoms with Crippen LogP contribution in [0.3, 0.4) is 0 Å². The van der Waals surface area contributed by atoms with Gasteiger partial charge < -0.3 is 20.3 Å². The number of nitrogens with one attached hydrogen (secondary N) is 1. The third-order valence-electron chi connectivity index (χ3n) is 3.65. The number of phenolic OH excluding ortho intramolecular Hbond substituents is 1. The molecule has 1 aromatic rings. The summed E-state index contributed by atoms with van der Waals surface area (Å²) in [5.74, 6) is -1.58. The van der Waals surface area contributed by atoms with Gasteiger partial charge in [-0.15, -0.1) is 11.8 Å². The first-order valence-corrected chi connectivity index (χ1v) is 8.59. The van der Waals surface area contributed by atoms with Crippen molar-refractivity contribution >= 4 is 41.1 Å². The number of carbonyl (C=O) groups is 3. The number of nitrogens with zero attached hydrogens (tertiary/aromatic N) is 1. The Labute approximate surface area is 151 Å². The molecule has 8 nitrogen and oxygen atoms in total.